The van der Waals surface area contributed by atoms with Gasteiger partial charge >= 0.3 is 0 Å². The van der Waals surface area contributed by atoms with Gasteiger partial charge in [-0.1, -0.05) is 28.8 Å². The molecule has 94 valence electrons. The van der Waals surface area contributed by atoms with Crippen molar-refractivity contribution in [1.82, 2.24) is 0 Å². The summed E-state index contributed by atoms with van der Waals surface area (Å²) >= 11 is 3.53. The monoisotopic (exact) mass is 298 g/mol. The van der Waals surface area contributed by atoms with E-state index in [1.54, 1.807) is 7.11 Å². The van der Waals surface area contributed by atoms with Gasteiger partial charge in [0, 0.05) is 10.9 Å². The topological polar surface area (TPSA) is 29.5 Å². The van der Waals surface area contributed by atoms with Gasteiger partial charge in [-0.15, -0.1) is 0 Å². The molecule has 3 heteroatoms. The van der Waals surface area contributed by atoms with Crippen LogP contribution in [0.2, 0.25) is 0 Å². The van der Waals surface area contributed by atoms with E-state index >= 15 is 0 Å². The average Bonchev–Trinajstić information content (AvgIpc) is 3.04. The lowest BCUT2D eigenvalue weighted by atomic mass is 9.91. The third-order valence-electron chi connectivity index (χ3n) is 3.25. The highest BCUT2D eigenvalue weighted by atomic mass is 79.9. The third-order valence-corrected chi connectivity index (χ3v) is 4.02. The predicted octanol–water partition coefficient (Wildman–Crippen LogP) is 3.55. The fourth-order valence-corrected chi connectivity index (χ4v) is 2.63. The molecular weight excluding hydrogens is 280 g/mol. The number of hydrogen-bond acceptors (Lipinski definition) is 2. The Hall–Kier alpha value is -0.540. The minimum absolute atomic E-state index is 0.615. The van der Waals surface area contributed by atoms with Crippen molar-refractivity contribution in [3.8, 4) is 5.75 Å². The maximum absolute atomic E-state index is 10.4. The van der Waals surface area contributed by atoms with Gasteiger partial charge in [-0.3, -0.25) is 0 Å². The van der Waals surface area contributed by atoms with Gasteiger partial charge in [0.15, 0.2) is 0 Å². The van der Waals surface area contributed by atoms with Crippen molar-refractivity contribution in [2.24, 2.45) is 5.92 Å². The Morgan fingerprint density at radius 3 is 2.76 bits per heavy atom. The molecule has 0 amide bonds. The summed E-state index contributed by atoms with van der Waals surface area (Å²) in [7, 11) is 1.66. The lowest BCUT2D eigenvalue weighted by Crippen LogP contribution is -2.28. The fraction of sp³-hybridized carbons (Fsp3) is 0.571. The van der Waals surface area contributed by atoms with Crippen molar-refractivity contribution in [3.05, 3.63) is 28.2 Å². The van der Waals surface area contributed by atoms with Gasteiger partial charge < -0.3 is 9.84 Å². The number of benzene rings is 1. The van der Waals surface area contributed by atoms with Crippen molar-refractivity contribution in [1.29, 1.82) is 0 Å². The van der Waals surface area contributed by atoms with Crippen LogP contribution in [0.25, 0.3) is 0 Å². The summed E-state index contributed by atoms with van der Waals surface area (Å²) in [5.41, 5.74) is 0.491. The Balaban J connectivity index is 2.10. The molecule has 1 aliphatic rings. The molecular formula is C14H19BrO2. The largest absolute Gasteiger partial charge is 0.497 e. The highest BCUT2D eigenvalue weighted by Crippen LogP contribution is 2.38. The summed E-state index contributed by atoms with van der Waals surface area (Å²) in [6, 6.07) is 5.88. The maximum Gasteiger partial charge on any atom is 0.119 e. The van der Waals surface area contributed by atoms with Crippen LogP contribution in [0, 0.1) is 5.92 Å². The van der Waals surface area contributed by atoms with Crippen molar-refractivity contribution < 1.29 is 9.84 Å². The molecule has 1 saturated carbocycles. The molecule has 0 heterocycles. The first kappa shape index (κ1) is 12.9. The van der Waals surface area contributed by atoms with E-state index in [1.807, 2.05) is 25.1 Å². The molecule has 17 heavy (non-hydrogen) atoms. The number of halogens is 1. The second-order valence-corrected chi connectivity index (χ2v) is 6.13. The van der Waals surface area contributed by atoms with Crippen LogP contribution in [0.3, 0.4) is 0 Å². The van der Waals surface area contributed by atoms with Crippen molar-refractivity contribution in [3.63, 3.8) is 0 Å². The third kappa shape index (κ3) is 3.71. The van der Waals surface area contributed by atoms with Gasteiger partial charge in [-0.25, -0.2) is 0 Å². The first-order valence-corrected chi connectivity index (χ1v) is 6.84. The van der Waals surface area contributed by atoms with Gasteiger partial charge in [0.2, 0.25) is 0 Å². The van der Waals surface area contributed by atoms with E-state index in [1.165, 1.54) is 12.8 Å². The Morgan fingerprint density at radius 2 is 2.18 bits per heavy atom. The number of ether oxygens (including phenoxy) is 1. The highest BCUT2D eigenvalue weighted by molar-refractivity contribution is 9.10. The molecule has 1 fully saturated rings. The van der Waals surface area contributed by atoms with Crippen molar-refractivity contribution in [2.45, 2.75) is 38.2 Å². The van der Waals surface area contributed by atoms with Gasteiger partial charge in [-0.2, -0.15) is 0 Å². The van der Waals surface area contributed by atoms with Crippen LogP contribution >= 0.6 is 15.9 Å². The molecule has 1 N–H and O–H groups in total. The van der Waals surface area contributed by atoms with E-state index < -0.39 is 5.60 Å². The molecule has 1 aromatic rings. The second kappa shape index (κ2) is 4.99. The summed E-state index contributed by atoms with van der Waals surface area (Å²) in [5.74, 6) is 1.57. The highest BCUT2D eigenvalue weighted by Gasteiger charge is 2.32. The zero-order valence-electron chi connectivity index (χ0n) is 10.4. The molecule has 0 aromatic heterocycles. The maximum atomic E-state index is 10.4. The quantitative estimate of drug-likeness (QED) is 0.901. The molecule has 1 atom stereocenters. The van der Waals surface area contributed by atoms with Crippen LogP contribution in [0.5, 0.6) is 5.75 Å². The smallest absolute Gasteiger partial charge is 0.119 e. The predicted molar refractivity (Wildman–Crippen MR) is 72.4 cm³/mol. The zero-order valence-corrected chi connectivity index (χ0v) is 12.0. The second-order valence-electron chi connectivity index (χ2n) is 5.28. The number of methoxy groups -OCH3 is 1. The van der Waals surface area contributed by atoms with E-state index in [-0.39, 0.29) is 0 Å². The number of aliphatic hydroxyl groups is 1. The fourth-order valence-electron chi connectivity index (χ4n) is 2.24. The van der Waals surface area contributed by atoms with Crippen molar-refractivity contribution in [2.75, 3.05) is 7.11 Å². The van der Waals surface area contributed by atoms with Crippen LogP contribution in [-0.4, -0.2) is 17.8 Å². The normalized spacial score (nSPS) is 18.8. The molecule has 0 radical (unpaired) electrons. The summed E-state index contributed by atoms with van der Waals surface area (Å²) in [6.07, 6.45) is 4.11. The van der Waals surface area contributed by atoms with E-state index in [0.717, 1.165) is 28.1 Å². The first-order valence-electron chi connectivity index (χ1n) is 6.05. The Bertz CT molecular complexity index is 397. The Labute approximate surface area is 111 Å². The lowest BCUT2D eigenvalue weighted by Gasteiger charge is -2.24. The van der Waals surface area contributed by atoms with E-state index in [4.69, 9.17) is 4.74 Å². The number of rotatable bonds is 5. The molecule has 2 nitrogen and oxygen atoms in total. The molecule has 1 aliphatic carbocycles. The first-order chi connectivity index (χ1) is 8.00. The lowest BCUT2D eigenvalue weighted by molar-refractivity contribution is 0.0453. The van der Waals surface area contributed by atoms with E-state index in [0.29, 0.717) is 6.42 Å². The molecule has 1 unspecified atom stereocenters. The molecule has 1 aromatic carbocycles. The summed E-state index contributed by atoms with van der Waals surface area (Å²) in [4.78, 5) is 0. The van der Waals surface area contributed by atoms with Crippen LogP contribution < -0.4 is 4.74 Å². The van der Waals surface area contributed by atoms with Crippen LogP contribution in [0.15, 0.2) is 22.7 Å². The van der Waals surface area contributed by atoms with Gasteiger partial charge in [-0.05, 0) is 43.0 Å². The van der Waals surface area contributed by atoms with Crippen LogP contribution in [-0.2, 0) is 6.42 Å². The number of hydrogen-bond donors (Lipinski definition) is 1. The minimum atomic E-state index is -0.615. The molecule has 0 bridgehead atoms. The Kier molecular flexibility index (Phi) is 3.79. The summed E-state index contributed by atoms with van der Waals surface area (Å²) in [6.45, 7) is 1.93. The summed E-state index contributed by atoms with van der Waals surface area (Å²) in [5, 5.41) is 10.4. The Morgan fingerprint density at radius 1 is 1.47 bits per heavy atom. The molecule has 0 aliphatic heterocycles. The summed E-state index contributed by atoms with van der Waals surface area (Å²) < 4.78 is 6.25. The average molecular weight is 299 g/mol. The van der Waals surface area contributed by atoms with E-state index in [2.05, 4.69) is 15.9 Å². The standard InChI is InChI=1S/C14H19BrO2/c1-14(16,8-10-3-4-10)9-11-7-12(17-2)5-6-13(11)15/h5-7,10,16H,3-4,8-9H2,1-2H3. The van der Waals surface area contributed by atoms with E-state index in [9.17, 15) is 5.11 Å². The van der Waals surface area contributed by atoms with Crippen LogP contribution in [0.1, 0.15) is 31.7 Å². The van der Waals surface area contributed by atoms with Gasteiger partial charge in [0.05, 0.1) is 12.7 Å². The molecule has 0 saturated heterocycles. The minimum Gasteiger partial charge on any atom is -0.497 e. The zero-order chi connectivity index (χ0) is 12.5. The van der Waals surface area contributed by atoms with Gasteiger partial charge in [0.25, 0.3) is 0 Å². The van der Waals surface area contributed by atoms with Crippen molar-refractivity contribution >= 4 is 15.9 Å². The van der Waals surface area contributed by atoms with Gasteiger partial charge in [0.1, 0.15) is 5.75 Å². The molecule has 0 spiro atoms. The SMILES string of the molecule is COc1ccc(Br)c(CC(C)(O)CC2CC2)c1. The molecule has 2 rings (SSSR count). The van der Waals surface area contributed by atoms with Crippen LogP contribution in [0.4, 0.5) is 0 Å².